The number of nitrogens with one attached hydrogen (secondary N) is 2. The highest BCUT2D eigenvalue weighted by Gasteiger charge is 2.12. The van der Waals surface area contributed by atoms with Crippen LogP contribution in [0.1, 0.15) is 15.9 Å². The van der Waals surface area contributed by atoms with Gasteiger partial charge in [0.15, 0.2) is 0 Å². The van der Waals surface area contributed by atoms with Crippen molar-refractivity contribution in [3.63, 3.8) is 0 Å². The zero-order valence-electron chi connectivity index (χ0n) is 15.6. The van der Waals surface area contributed by atoms with E-state index in [0.717, 1.165) is 16.9 Å². The van der Waals surface area contributed by atoms with Crippen molar-refractivity contribution in [1.82, 2.24) is 4.90 Å². The number of para-hydroxylation sites is 1. The van der Waals surface area contributed by atoms with Crippen LogP contribution < -0.4 is 10.6 Å². The van der Waals surface area contributed by atoms with E-state index in [2.05, 4.69) is 23.8 Å². The highest BCUT2D eigenvalue weighted by molar-refractivity contribution is 6.05. The number of aryl methyl sites for hydroxylation is 1. The van der Waals surface area contributed by atoms with Crippen molar-refractivity contribution in [1.29, 1.82) is 0 Å². The molecule has 0 aliphatic heterocycles. The maximum atomic E-state index is 12.5. The van der Waals surface area contributed by atoms with Gasteiger partial charge in [0.05, 0.1) is 6.54 Å². The predicted molar refractivity (Wildman–Crippen MR) is 111 cm³/mol. The molecule has 0 aromatic heterocycles. The van der Waals surface area contributed by atoms with Gasteiger partial charge in [-0.05, 0) is 36.8 Å². The zero-order chi connectivity index (χ0) is 19.6. The Balaban J connectivity index is 2.06. The molecule has 0 spiro atoms. The van der Waals surface area contributed by atoms with Gasteiger partial charge in [-0.1, -0.05) is 36.4 Å². The number of nitrogens with zero attached hydrogens (tertiary/aromatic N) is 1. The second kappa shape index (κ2) is 9.97. The normalized spacial score (nSPS) is 9.96. The summed E-state index contributed by atoms with van der Waals surface area (Å²) < 4.78 is 0. The lowest BCUT2D eigenvalue weighted by Crippen LogP contribution is -2.35. The number of benzene rings is 2. The number of hydrogen-bond acceptors (Lipinski definition) is 3. The van der Waals surface area contributed by atoms with Crippen LogP contribution in [0.5, 0.6) is 0 Å². The van der Waals surface area contributed by atoms with Gasteiger partial charge in [0.25, 0.3) is 5.91 Å². The molecule has 0 fully saturated rings. The van der Waals surface area contributed by atoms with Gasteiger partial charge < -0.3 is 15.5 Å². The number of amides is 2. The maximum Gasteiger partial charge on any atom is 0.255 e. The van der Waals surface area contributed by atoms with Crippen molar-refractivity contribution < 1.29 is 9.59 Å². The topological polar surface area (TPSA) is 61.4 Å². The van der Waals surface area contributed by atoms with E-state index in [9.17, 15) is 9.59 Å². The zero-order valence-corrected chi connectivity index (χ0v) is 15.6. The van der Waals surface area contributed by atoms with E-state index in [0.29, 0.717) is 18.7 Å². The number of carbonyl (C=O) groups excluding carboxylic acids is 2. The molecule has 27 heavy (non-hydrogen) atoms. The van der Waals surface area contributed by atoms with Crippen molar-refractivity contribution in [2.75, 3.05) is 30.3 Å². The maximum absolute atomic E-state index is 12.5. The lowest BCUT2D eigenvalue weighted by atomic mass is 10.1. The Morgan fingerprint density at radius 1 is 1.04 bits per heavy atom. The summed E-state index contributed by atoms with van der Waals surface area (Å²) in [5, 5.41) is 5.99. The minimum Gasteiger partial charge on any atom is -0.376 e. The molecule has 0 heterocycles. The fraction of sp³-hybridized carbons (Fsp3) is 0.182. The van der Waals surface area contributed by atoms with Crippen LogP contribution in [0.2, 0.25) is 0 Å². The molecule has 0 bridgehead atoms. The fourth-order valence-corrected chi connectivity index (χ4v) is 2.55. The average Bonchev–Trinajstić information content (AvgIpc) is 2.67. The van der Waals surface area contributed by atoms with Crippen LogP contribution in [0, 0.1) is 6.92 Å². The van der Waals surface area contributed by atoms with Crippen molar-refractivity contribution >= 4 is 23.2 Å². The Labute approximate surface area is 160 Å². The Hall–Kier alpha value is -3.34. The summed E-state index contributed by atoms with van der Waals surface area (Å²) in [6.07, 6.45) is 3.36. The van der Waals surface area contributed by atoms with Crippen LogP contribution >= 0.6 is 0 Å². The van der Waals surface area contributed by atoms with Crippen LogP contribution in [0.25, 0.3) is 0 Å². The first-order valence-corrected chi connectivity index (χ1v) is 8.75. The van der Waals surface area contributed by atoms with Gasteiger partial charge in [-0.2, -0.15) is 0 Å². The van der Waals surface area contributed by atoms with E-state index < -0.39 is 0 Å². The van der Waals surface area contributed by atoms with Crippen molar-refractivity contribution in [2.24, 2.45) is 0 Å². The third kappa shape index (κ3) is 5.85. The van der Waals surface area contributed by atoms with E-state index in [4.69, 9.17) is 0 Å². The molecule has 0 aliphatic rings. The highest BCUT2D eigenvalue weighted by Crippen LogP contribution is 2.18. The molecule has 0 radical (unpaired) electrons. The van der Waals surface area contributed by atoms with Crippen LogP contribution in [-0.4, -0.2) is 36.3 Å². The Bertz CT molecular complexity index is 806. The Morgan fingerprint density at radius 3 is 2.33 bits per heavy atom. The first-order valence-electron chi connectivity index (χ1n) is 8.75. The molecule has 2 N–H and O–H groups in total. The van der Waals surface area contributed by atoms with Gasteiger partial charge in [-0.15, -0.1) is 13.2 Å². The van der Waals surface area contributed by atoms with Crippen LogP contribution in [0.15, 0.2) is 73.8 Å². The molecule has 0 saturated heterocycles. The monoisotopic (exact) mass is 363 g/mol. The minimum atomic E-state index is -0.199. The lowest BCUT2D eigenvalue weighted by molar-refractivity contribution is -0.128. The Kier molecular flexibility index (Phi) is 7.37. The van der Waals surface area contributed by atoms with E-state index in [1.165, 1.54) is 0 Å². The van der Waals surface area contributed by atoms with Crippen LogP contribution in [0.4, 0.5) is 11.4 Å². The summed E-state index contributed by atoms with van der Waals surface area (Å²) in [7, 11) is 0. The average molecular weight is 363 g/mol. The van der Waals surface area contributed by atoms with Crippen molar-refractivity contribution in [3.05, 3.63) is 85.0 Å². The standard InChI is InChI=1S/C22H25N3O2/c1-4-13-25(14-5-2)21(26)16-23-20-15-18(12-11-17(20)3)22(27)24-19-9-7-6-8-10-19/h4-12,15,23H,1-2,13-14,16H2,3H3,(H,24,27). The molecule has 2 aromatic carbocycles. The number of hydrogen-bond donors (Lipinski definition) is 2. The third-order valence-electron chi connectivity index (χ3n) is 4.01. The molecule has 0 unspecified atom stereocenters. The summed E-state index contributed by atoms with van der Waals surface area (Å²) in [5.41, 5.74) is 2.96. The molecule has 0 atom stereocenters. The SMILES string of the molecule is C=CCN(CC=C)C(=O)CNc1cc(C(=O)Nc2ccccc2)ccc1C. The van der Waals surface area contributed by atoms with Crippen molar-refractivity contribution in [2.45, 2.75) is 6.92 Å². The van der Waals surface area contributed by atoms with Gasteiger partial charge in [0, 0.05) is 30.0 Å². The highest BCUT2D eigenvalue weighted by atomic mass is 16.2. The first-order chi connectivity index (χ1) is 13.0. The van der Waals surface area contributed by atoms with E-state index in [1.807, 2.05) is 43.3 Å². The van der Waals surface area contributed by atoms with Gasteiger partial charge in [0.1, 0.15) is 0 Å². The lowest BCUT2D eigenvalue weighted by Gasteiger charge is -2.20. The summed E-state index contributed by atoms with van der Waals surface area (Å²) >= 11 is 0. The van der Waals surface area contributed by atoms with E-state index in [-0.39, 0.29) is 18.4 Å². The van der Waals surface area contributed by atoms with E-state index in [1.54, 1.807) is 29.2 Å². The molecule has 0 saturated carbocycles. The minimum absolute atomic E-state index is 0.0617. The molecular weight excluding hydrogens is 338 g/mol. The molecule has 2 rings (SSSR count). The molecule has 5 heteroatoms. The molecule has 2 amide bonds. The summed E-state index contributed by atoms with van der Waals surface area (Å²) in [4.78, 5) is 26.5. The number of carbonyl (C=O) groups is 2. The van der Waals surface area contributed by atoms with Gasteiger partial charge in [0.2, 0.25) is 5.91 Å². The van der Waals surface area contributed by atoms with Crippen molar-refractivity contribution in [3.8, 4) is 0 Å². The quantitative estimate of drug-likeness (QED) is 0.665. The molecule has 2 aromatic rings. The second-order valence-electron chi connectivity index (χ2n) is 6.08. The summed E-state index contributed by atoms with van der Waals surface area (Å²) in [6, 6.07) is 14.7. The van der Waals surface area contributed by atoms with Gasteiger partial charge in [-0.3, -0.25) is 9.59 Å². The van der Waals surface area contributed by atoms with Crippen LogP contribution in [0.3, 0.4) is 0 Å². The Morgan fingerprint density at radius 2 is 1.70 bits per heavy atom. The number of rotatable bonds is 9. The van der Waals surface area contributed by atoms with Crippen LogP contribution in [-0.2, 0) is 4.79 Å². The van der Waals surface area contributed by atoms with Gasteiger partial charge in [-0.25, -0.2) is 0 Å². The summed E-state index contributed by atoms with van der Waals surface area (Å²) in [6.45, 7) is 10.3. The van der Waals surface area contributed by atoms with Gasteiger partial charge >= 0.3 is 0 Å². The van der Waals surface area contributed by atoms with E-state index >= 15 is 0 Å². The smallest absolute Gasteiger partial charge is 0.255 e. The molecular formula is C22H25N3O2. The molecule has 5 nitrogen and oxygen atoms in total. The number of anilines is 2. The largest absolute Gasteiger partial charge is 0.376 e. The second-order valence-corrected chi connectivity index (χ2v) is 6.08. The first kappa shape index (κ1) is 20.0. The fourth-order valence-electron chi connectivity index (χ4n) is 2.55. The molecule has 140 valence electrons. The predicted octanol–water partition coefficient (Wildman–Crippen LogP) is 3.86. The third-order valence-corrected chi connectivity index (χ3v) is 4.01. The molecule has 0 aliphatic carbocycles. The summed E-state index contributed by atoms with van der Waals surface area (Å²) in [5.74, 6) is -0.260.